The Morgan fingerprint density at radius 2 is 1.53 bits per heavy atom. The van der Waals surface area contributed by atoms with E-state index < -0.39 is 0 Å². The highest BCUT2D eigenvalue weighted by Crippen LogP contribution is 2.68. The Hall–Kier alpha value is -1.04. The van der Waals surface area contributed by atoms with E-state index in [1.807, 2.05) is 0 Å². The Morgan fingerprint density at radius 3 is 2.17 bits per heavy atom. The standard InChI is InChI=1S/2C15H20/c1-8(2)12-6-11-7-13(12)15-10-4-3-9(5-10)14(11)15;1-15(9-11-3-5-13(15)7-11)14-8-10-2-4-12(14)6-10/h3-4,9-15H,1,5-7H2,2H3;2-5,10-14H,6-9H2,1H3. The highest BCUT2D eigenvalue weighted by molar-refractivity contribution is 5.23. The number of allylic oxidation sites excluding steroid dienone is 7. The Labute approximate surface area is 184 Å². The number of hydrogen-bond donors (Lipinski definition) is 0. The van der Waals surface area contributed by atoms with Gasteiger partial charge in [-0.05, 0) is 128 Å². The van der Waals surface area contributed by atoms with Gasteiger partial charge >= 0.3 is 0 Å². The summed E-state index contributed by atoms with van der Waals surface area (Å²) in [6, 6.07) is 0. The van der Waals surface area contributed by atoms with Gasteiger partial charge in [0.25, 0.3) is 0 Å². The molecule has 0 heterocycles. The summed E-state index contributed by atoms with van der Waals surface area (Å²) in [4.78, 5) is 0. The second-order valence-corrected chi connectivity index (χ2v) is 13.0. The van der Waals surface area contributed by atoms with Crippen molar-refractivity contribution in [3.05, 3.63) is 48.6 Å². The monoisotopic (exact) mass is 400 g/mol. The topological polar surface area (TPSA) is 0 Å². The summed E-state index contributed by atoms with van der Waals surface area (Å²) in [7, 11) is 0. The Morgan fingerprint density at radius 1 is 0.767 bits per heavy atom. The zero-order chi connectivity index (χ0) is 20.2. The van der Waals surface area contributed by atoms with Crippen LogP contribution in [0.25, 0.3) is 0 Å². The minimum absolute atomic E-state index is 0.656. The predicted molar refractivity (Wildman–Crippen MR) is 125 cm³/mol. The maximum atomic E-state index is 4.21. The second-order valence-electron chi connectivity index (χ2n) is 13.0. The zero-order valence-electron chi connectivity index (χ0n) is 19.0. The second kappa shape index (κ2) is 6.26. The number of rotatable bonds is 2. The predicted octanol–water partition coefficient (Wildman–Crippen LogP) is 7.46. The van der Waals surface area contributed by atoms with E-state index >= 15 is 0 Å². The summed E-state index contributed by atoms with van der Waals surface area (Å²) in [5, 5.41) is 0. The van der Waals surface area contributed by atoms with Crippen molar-refractivity contribution in [1.82, 2.24) is 0 Å². The molecule has 8 rings (SSSR count). The molecule has 0 saturated heterocycles. The van der Waals surface area contributed by atoms with Gasteiger partial charge in [0.15, 0.2) is 0 Å². The summed E-state index contributed by atoms with van der Waals surface area (Å²) >= 11 is 0. The summed E-state index contributed by atoms with van der Waals surface area (Å²) in [5.41, 5.74) is 2.12. The van der Waals surface area contributed by atoms with Crippen molar-refractivity contribution in [2.75, 3.05) is 0 Å². The third-order valence-electron chi connectivity index (χ3n) is 11.8. The van der Waals surface area contributed by atoms with Crippen LogP contribution in [-0.4, -0.2) is 0 Å². The molecule has 0 radical (unpaired) electrons. The third kappa shape index (κ3) is 2.40. The first-order valence-corrected chi connectivity index (χ1v) is 13.2. The molecule has 0 aromatic heterocycles. The highest BCUT2D eigenvalue weighted by Gasteiger charge is 2.60. The van der Waals surface area contributed by atoms with Gasteiger partial charge < -0.3 is 0 Å². The molecule has 0 aromatic rings. The van der Waals surface area contributed by atoms with Crippen molar-refractivity contribution in [2.45, 2.75) is 58.8 Å². The lowest BCUT2D eigenvalue weighted by Crippen LogP contribution is -2.34. The van der Waals surface area contributed by atoms with Crippen LogP contribution in [0.1, 0.15) is 58.8 Å². The smallest absolute Gasteiger partial charge is 0.0171 e. The summed E-state index contributed by atoms with van der Waals surface area (Å²) in [6.45, 7) is 9.05. The molecular weight excluding hydrogens is 360 g/mol. The molecule has 8 aliphatic carbocycles. The van der Waals surface area contributed by atoms with Gasteiger partial charge in [-0.2, -0.15) is 0 Å². The summed E-state index contributed by atoms with van der Waals surface area (Å²) < 4.78 is 0. The molecule has 0 heteroatoms. The molecule has 5 saturated carbocycles. The van der Waals surface area contributed by atoms with Crippen LogP contribution in [0.4, 0.5) is 0 Å². The molecule has 8 aliphatic rings. The van der Waals surface area contributed by atoms with Crippen molar-refractivity contribution in [1.29, 1.82) is 0 Å². The van der Waals surface area contributed by atoms with E-state index in [0.29, 0.717) is 5.41 Å². The number of fused-ring (bicyclic) bond motifs is 13. The van der Waals surface area contributed by atoms with Gasteiger partial charge in [-0.1, -0.05) is 55.5 Å². The van der Waals surface area contributed by atoms with Gasteiger partial charge in [0.1, 0.15) is 0 Å². The van der Waals surface area contributed by atoms with Crippen molar-refractivity contribution in [3.63, 3.8) is 0 Å². The lowest BCUT2D eigenvalue weighted by atomic mass is 9.64. The largest absolute Gasteiger partial charge is 0.0999 e. The molecule has 0 nitrogen and oxygen atoms in total. The highest BCUT2D eigenvalue weighted by atomic mass is 14.6. The average molecular weight is 401 g/mol. The lowest BCUT2D eigenvalue weighted by molar-refractivity contribution is 0.119. The van der Waals surface area contributed by atoms with Gasteiger partial charge in [-0.15, -0.1) is 0 Å². The van der Waals surface area contributed by atoms with Gasteiger partial charge in [-0.25, -0.2) is 0 Å². The maximum Gasteiger partial charge on any atom is -0.0171 e. The van der Waals surface area contributed by atoms with E-state index in [1.54, 1.807) is 0 Å². The van der Waals surface area contributed by atoms with E-state index in [9.17, 15) is 0 Å². The van der Waals surface area contributed by atoms with Crippen LogP contribution < -0.4 is 0 Å². The summed E-state index contributed by atoms with van der Waals surface area (Å²) in [6.07, 6.45) is 25.5. The van der Waals surface area contributed by atoms with Crippen molar-refractivity contribution in [2.24, 2.45) is 76.4 Å². The first-order valence-electron chi connectivity index (χ1n) is 13.2. The van der Waals surface area contributed by atoms with Crippen molar-refractivity contribution in [3.8, 4) is 0 Å². The molecule has 0 aliphatic heterocycles. The Kier molecular flexibility index (Phi) is 3.87. The average Bonchev–Trinajstić information content (AvgIpc) is 3.57. The minimum Gasteiger partial charge on any atom is -0.0999 e. The fraction of sp³-hybridized carbons (Fsp3) is 0.733. The molecule has 0 spiro atoms. The van der Waals surface area contributed by atoms with Crippen LogP contribution in [-0.2, 0) is 0 Å². The van der Waals surface area contributed by atoms with Gasteiger partial charge in [-0.3, -0.25) is 0 Å². The molecule has 160 valence electrons. The van der Waals surface area contributed by atoms with Gasteiger partial charge in [0.2, 0.25) is 0 Å². The van der Waals surface area contributed by atoms with E-state index in [1.165, 1.54) is 50.5 Å². The SMILES string of the molecule is C=C(C)C1CC2CC1C1C3C=CC(C3)C21.CC1(C2CC3C=CC2C3)CC2C=CC1C2. The van der Waals surface area contributed by atoms with Crippen molar-refractivity contribution >= 4 is 0 Å². The van der Waals surface area contributed by atoms with Crippen LogP contribution in [0.3, 0.4) is 0 Å². The number of hydrogen-bond acceptors (Lipinski definition) is 0. The van der Waals surface area contributed by atoms with E-state index in [0.717, 1.165) is 71.0 Å². The molecular formula is C30H40. The minimum atomic E-state index is 0.656. The van der Waals surface area contributed by atoms with Gasteiger partial charge in [0, 0.05) is 0 Å². The third-order valence-corrected chi connectivity index (χ3v) is 11.8. The zero-order valence-corrected chi connectivity index (χ0v) is 19.0. The van der Waals surface area contributed by atoms with Crippen molar-refractivity contribution < 1.29 is 0 Å². The normalized spacial score (nSPS) is 59.3. The molecule has 13 atom stereocenters. The van der Waals surface area contributed by atoms with E-state index in [2.05, 4.69) is 56.9 Å². The van der Waals surface area contributed by atoms with Crippen LogP contribution in [0.15, 0.2) is 48.6 Å². The summed E-state index contributed by atoms with van der Waals surface area (Å²) in [5.74, 6) is 11.8. The molecule has 0 N–H and O–H groups in total. The maximum absolute atomic E-state index is 4.21. The van der Waals surface area contributed by atoms with Crippen LogP contribution in [0.5, 0.6) is 0 Å². The molecule has 0 aromatic carbocycles. The van der Waals surface area contributed by atoms with Crippen LogP contribution >= 0.6 is 0 Å². The quantitative estimate of drug-likeness (QED) is 0.333. The fourth-order valence-corrected chi connectivity index (χ4v) is 10.7. The Balaban J connectivity index is 0.000000108. The molecule has 5 fully saturated rings. The first-order chi connectivity index (χ1) is 14.5. The van der Waals surface area contributed by atoms with Crippen LogP contribution in [0, 0.1) is 76.4 Å². The van der Waals surface area contributed by atoms with Gasteiger partial charge in [0.05, 0.1) is 0 Å². The van der Waals surface area contributed by atoms with Crippen LogP contribution in [0.2, 0.25) is 0 Å². The lowest BCUT2D eigenvalue weighted by Gasteiger charge is -2.41. The molecule has 0 amide bonds. The molecule has 30 heavy (non-hydrogen) atoms. The Bertz CT molecular complexity index is 842. The van der Waals surface area contributed by atoms with E-state index in [-0.39, 0.29) is 0 Å². The van der Waals surface area contributed by atoms with E-state index in [4.69, 9.17) is 0 Å². The fourth-order valence-electron chi connectivity index (χ4n) is 10.7. The molecule has 8 bridgehead atoms. The molecule has 13 unspecified atom stereocenters. The first kappa shape index (κ1) is 18.5.